The normalized spacial score (nSPS) is 10.4. The van der Waals surface area contributed by atoms with Gasteiger partial charge in [-0.3, -0.25) is 14.9 Å². The van der Waals surface area contributed by atoms with Crippen LogP contribution in [0, 0.1) is 10.1 Å². The fraction of sp³-hybridized carbons (Fsp3) is 0.286. The molecule has 0 saturated heterocycles. The molecule has 21 heavy (non-hydrogen) atoms. The molecule has 0 amide bonds. The van der Waals surface area contributed by atoms with Gasteiger partial charge in [0.1, 0.15) is 11.5 Å². The van der Waals surface area contributed by atoms with Crippen molar-refractivity contribution in [3.05, 3.63) is 52.1 Å². The number of benzene rings is 1. The average molecular weight is 288 g/mol. The first-order valence-corrected chi connectivity index (χ1v) is 6.37. The Morgan fingerprint density at radius 3 is 2.71 bits per heavy atom. The molecule has 0 aliphatic carbocycles. The van der Waals surface area contributed by atoms with Crippen molar-refractivity contribution in [1.82, 2.24) is 9.55 Å². The Labute approximate surface area is 122 Å². The van der Waals surface area contributed by atoms with Crippen molar-refractivity contribution in [3.63, 3.8) is 0 Å². The zero-order valence-electron chi connectivity index (χ0n) is 12.1. The van der Waals surface area contributed by atoms with Crippen LogP contribution >= 0.6 is 0 Å². The molecule has 1 aromatic carbocycles. The number of carbonyl (C=O) groups is 1. The lowest BCUT2D eigenvalue weighted by Crippen LogP contribution is -2.20. The molecular formula is C14H16N4O3. The molecule has 0 radical (unpaired) electrons. The Bertz CT molecular complexity index is 693. The third-order valence-electron chi connectivity index (χ3n) is 3.29. The van der Waals surface area contributed by atoms with Crippen LogP contribution in [-0.2, 0) is 13.6 Å². The number of rotatable bonds is 5. The van der Waals surface area contributed by atoms with E-state index in [1.165, 1.54) is 13.0 Å². The Hall–Kier alpha value is -2.70. The number of nitro groups is 1. The summed E-state index contributed by atoms with van der Waals surface area (Å²) in [5, 5.41) is 11.2. The van der Waals surface area contributed by atoms with Gasteiger partial charge in [-0.25, -0.2) is 4.98 Å². The second-order valence-corrected chi connectivity index (χ2v) is 4.83. The van der Waals surface area contributed by atoms with Crippen LogP contribution < -0.4 is 4.90 Å². The lowest BCUT2D eigenvalue weighted by molar-refractivity contribution is -0.384. The molecule has 0 N–H and O–H groups in total. The van der Waals surface area contributed by atoms with Gasteiger partial charge in [0.15, 0.2) is 5.78 Å². The minimum absolute atomic E-state index is 0.0839. The number of Topliss-reactive ketones (excluding diaryl/α,β-unsaturated/α-hetero) is 1. The largest absolute Gasteiger partial charge is 0.362 e. The Morgan fingerprint density at radius 1 is 1.48 bits per heavy atom. The van der Waals surface area contributed by atoms with Crippen LogP contribution in [0.2, 0.25) is 0 Å². The summed E-state index contributed by atoms with van der Waals surface area (Å²) in [7, 11) is 3.62. The molecule has 2 aromatic rings. The molecule has 1 aromatic heterocycles. The maximum Gasteiger partial charge on any atom is 0.293 e. The predicted octanol–water partition coefficient (Wildman–Crippen LogP) is 2.17. The van der Waals surface area contributed by atoms with Gasteiger partial charge in [-0.15, -0.1) is 0 Å². The summed E-state index contributed by atoms with van der Waals surface area (Å²) in [5.74, 6) is 0.596. The number of hydrogen-bond acceptors (Lipinski definition) is 5. The average Bonchev–Trinajstić information content (AvgIpc) is 2.83. The van der Waals surface area contributed by atoms with Gasteiger partial charge < -0.3 is 9.47 Å². The Morgan fingerprint density at radius 2 is 2.19 bits per heavy atom. The molecule has 1 heterocycles. The van der Waals surface area contributed by atoms with E-state index in [-0.39, 0.29) is 11.5 Å². The molecule has 0 aliphatic heterocycles. The van der Waals surface area contributed by atoms with Gasteiger partial charge in [-0.2, -0.15) is 0 Å². The van der Waals surface area contributed by atoms with E-state index >= 15 is 0 Å². The molecule has 0 unspecified atom stereocenters. The third kappa shape index (κ3) is 3.07. The Kier molecular flexibility index (Phi) is 4.02. The van der Waals surface area contributed by atoms with E-state index in [4.69, 9.17) is 0 Å². The summed E-state index contributed by atoms with van der Waals surface area (Å²) in [6, 6.07) is 4.50. The van der Waals surface area contributed by atoms with Crippen LogP contribution in [0.5, 0.6) is 0 Å². The van der Waals surface area contributed by atoms with E-state index < -0.39 is 4.92 Å². The molecule has 0 aliphatic rings. The molecule has 110 valence electrons. The van der Waals surface area contributed by atoms with Crippen molar-refractivity contribution >= 4 is 17.2 Å². The second kappa shape index (κ2) is 5.74. The van der Waals surface area contributed by atoms with Crippen molar-refractivity contribution in [1.29, 1.82) is 0 Å². The van der Waals surface area contributed by atoms with Crippen LogP contribution in [0.15, 0.2) is 30.6 Å². The zero-order chi connectivity index (χ0) is 15.6. The first-order valence-electron chi connectivity index (χ1n) is 6.37. The van der Waals surface area contributed by atoms with Gasteiger partial charge in [0.25, 0.3) is 5.69 Å². The van der Waals surface area contributed by atoms with E-state index in [0.29, 0.717) is 17.8 Å². The van der Waals surface area contributed by atoms with Gasteiger partial charge in [0, 0.05) is 38.1 Å². The SMILES string of the molecule is CC(=O)c1ccc(N(C)Cc2nccn2C)c([N+](=O)[O-])c1. The quantitative estimate of drug-likeness (QED) is 0.478. The number of nitrogens with zero attached hydrogens (tertiary/aromatic N) is 4. The van der Waals surface area contributed by atoms with Crippen molar-refractivity contribution in [3.8, 4) is 0 Å². The van der Waals surface area contributed by atoms with E-state index in [1.807, 2.05) is 17.8 Å². The molecule has 7 nitrogen and oxygen atoms in total. The van der Waals surface area contributed by atoms with Crippen LogP contribution in [0.4, 0.5) is 11.4 Å². The smallest absolute Gasteiger partial charge is 0.293 e. The fourth-order valence-corrected chi connectivity index (χ4v) is 2.06. The standard InChI is InChI=1S/C14H16N4O3/c1-10(19)11-4-5-12(13(8-11)18(20)21)17(3)9-14-15-6-7-16(14)2/h4-8H,9H2,1-3H3. The number of nitro benzene ring substituents is 1. The predicted molar refractivity (Wildman–Crippen MR) is 78.4 cm³/mol. The number of imidazole rings is 1. The number of carbonyl (C=O) groups excluding carboxylic acids is 1. The second-order valence-electron chi connectivity index (χ2n) is 4.83. The van der Waals surface area contributed by atoms with Crippen LogP contribution in [0.3, 0.4) is 0 Å². The minimum Gasteiger partial charge on any atom is -0.362 e. The van der Waals surface area contributed by atoms with Gasteiger partial charge in [0.2, 0.25) is 0 Å². The van der Waals surface area contributed by atoms with Crippen molar-refractivity contribution < 1.29 is 9.72 Å². The molecular weight excluding hydrogens is 272 g/mol. The third-order valence-corrected chi connectivity index (χ3v) is 3.29. The molecule has 0 fully saturated rings. The van der Waals surface area contributed by atoms with E-state index in [1.54, 1.807) is 30.3 Å². The highest BCUT2D eigenvalue weighted by atomic mass is 16.6. The lowest BCUT2D eigenvalue weighted by atomic mass is 10.1. The van der Waals surface area contributed by atoms with Gasteiger partial charge >= 0.3 is 0 Å². The number of anilines is 1. The number of ketones is 1. The van der Waals surface area contributed by atoms with Crippen LogP contribution in [-0.4, -0.2) is 27.3 Å². The summed E-state index contributed by atoms with van der Waals surface area (Å²) in [5.41, 5.74) is 0.697. The molecule has 7 heteroatoms. The zero-order valence-corrected chi connectivity index (χ0v) is 12.1. The monoisotopic (exact) mass is 288 g/mol. The number of hydrogen-bond donors (Lipinski definition) is 0. The molecule has 0 atom stereocenters. The highest BCUT2D eigenvalue weighted by Gasteiger charge is 2.20. The van der Waals surface area contributed by atoms with Crippen LogP contribution in [0.25, 0.3) is 0 Å². The highest BCUT2D eigenvalue weighted by Crippen LogP contribution is 2.29. The van der Waals surface area contributed by atoms with Gasteiger partial charge in [-0.05, 0) is 19.1 Å². The molecule has 0 saturated carbocycles. The maximum absolute atomic E-state index is 11.4. The van der Waals surface area contributed by atoms with E-state index in [2.05, 4.69) is 4.98 Å². The summed E-state index contributed by atoms with van der Waals surface area (Å²) in [6.07, 6.45) is 3.49. The summed E-state index contributed by atoms with van der Waals surface area (Å²) >= 11 is 0. The van der Waals surface area contributed by atoms with Crippen molar-refractivity contribution in [2.45, 2.75) is 13.5 Å². The Balaban J connectivity index is 2.36. The van der Waals surface area contributed by atoms with Crippen molar-refractivity contribution in [2.24, 2.45) is 7.05 Å². The highest BCUT2D eigenvalue weighted by molar-refractivity contribution is 5.95. The first-order chi connectivity index (χ1) is 9.90. The van der Waals surface area contributed by atoms with Gasteiger partial charge in [-0.1, -0.05) is 0 Å². The molecule has 0 spiro atoms. The topological polar surface area (TPSA) is 81.3 Å². The van der Waals surface area contributed by atoms with E-state index in [9.17, 15) is 14.9 Å². The lowest BCUT2D eigenvalue weighted by Gasteiger charge is -2.19. The van der Waals surface area contributed by atoms with Crippen molar-refractivity contribution in [2.75, 3.05) is 11.9 Å². The summed E-state index contributed by atoms with van der Waals surface area (Å²) in [4.78, 5) is 28.0. The summed E-state index contributed by atoms with van der Waals surface area (Å²) in [6.45, 7) is 1.82. The summed E-state index contributed by atoms with van der Waals surface area (Å²) < 4.78 is 1.85. The number of aromatic nitrogens is 2. The maximum atomic E-state index is 11.4. The van der Waals surface area contributed by atoms with E-state index in [0.717, 1.165) is 5.82 Å². The fourth-order valence-electron chi connectivity index (χ4n) is 2.06. The van der Waals surface area contributed by atoms with Gasteiger partial charge in [0.05, 0.1) is 11.5 Å². The first kappa shape index (κ1) is 14.7. The molecule has 2 rings (SSSR count). The minimum atomic E-state index is -0.476. The molecule has 0 bridgehead atoms. The number of aryl methyl sites for hydroxylation is 1. The van der Waals surface area contributed by atoms with Crippen LogP contribution in [0.1, 0.15) is 23.1 Å².